The Balaban J connectivity index is 2.78. The molecule has 0 aromatic heterocycles. The number of hydrogen-bond acceptors (Lipinski definition) is 4. The van der Waals surface area contributed by atoms with Crippen molar-refractivity contribution in [3.05, 3.63) is 29.8 Å². The molecule has 0 fully saturated rings. The van der Waals surface area contributed by atoms with Crippen LogP contribution in [0, 0.1) is 6.92 Å². The van der Waals surface area contributed by atoms with E-state index in [4.69, 9.17) is 0 Å². The van der Waals surface area contributed by atoms with Gasteiger partial charge in [0.25, 0.3) is 10.1 Å². The summed E-state index contributed by atoms with van der Waals surface area (Å²) >= 11 is 0. The number of aryl methyl sites for hydroxylation is 1. The first-order chi connectivity index (χ1) is 8.66. The average Bonchev–Trinajstić information content (AvgIpc) is 2.28. The summed E-state index contributed by atoms with van der Waals surface area (Å²) in [6.45, 7) is 0.637. The molecule has 4 nitrogen and oxygen atoms in total. The molecule has 1 aromatic carbocycles. The fraction of sp³-hybridized carbons (Fsp3) is 0.455. The largest absolute Gasteiger partial charge is 0.416 e. The van der Waals surface area contributed by atoms with E-state index in [2.05, 4.69) is 8.92 Å². The van der Waals surface area contributed by atoms with E-state index in [0.717, 1.165) is 12.7 Å². The molecular weight excluding hydrogens is 285 g/mol. The lowest BCUT2D eigenvalue weighted by Crippen LogP contribution is -2.35. The van der Waals surface area contributed by atoms with E-state index in [1.54, 1.807) is 6.92 Å². The Morgan fingerprint density at radius 2 is 1.74 bits per heavy atom. The summed E-state index contributed by atoms with van der Waals surface area (Å²) in [4.78, 5) is -0.199. The Morgan fingerprint density at radius 1 is 1.21 bits per heavy atom. The first-order valence-corrected chi connectivity index (χ1v) is 6.63. The van der Waals surface area contributed by atoms with Gasteiger partial charge in [-0.25, -0.2) is 0 Å². The second kappa shape index (κ2) is 5.89. The highest BCUT2D eigenvalue weighted by Crippen LogP contribution is 2.24. The molecule has 1 rings (SSSR count). The number of hydrogen-bond donors (Lipinski definition) is 0. The van der Waals surface area contributed by atoms with Crippen molar-refractivity contribution in [2.45, 2.75) is 24.1 Å². The number of benzene rings is 1. The predicted molar refractivity (Wildman–Crippen MR) is 61.2 cm³/mol. The topological polar surface area (TPSA) is 52.6 Å². The highest BCUT2D eigenvalue weighted by molar-refractivity contribution is 7.86. The second-order valence-corrected chi connectivity index (χ2v) is 5.43. The first-order valence-electron chi connectivity index (χ1n) is 5.22. The molecule has 0 saturated carbocycles. The van der Waals surface area contributed by atoms with E-state index in [9.17, 15) is 21.6 Å². The summed E-state index contributed by atoms with van der Waals surface area (Å²) in [5.41, 5.74) is 0.823. The molecule has 108 valence electrons. The third kappa shape index (κ3) is 4.48. The maximum absolute atomic E-state index is 12.4. The molecule has 0 aliphatic carbocycles. The number of rotatable bonds is 5. The molecule has 0 N–H and O–H groups in total. The van der Waals surface area contributed by atoms with E-state index in [0.29, 0.717) is 0 Å². The van der Waals surface area contributed by atoms with Crippen molar-refractivity contribution in [3.8, 4) is 0 Å². The van der Waals surface area contributed by atoms with Crippen molar-refractivity contribution in [2.24, 2.45) is 0 Å². The fourth-order valence-corrected chi connectivity index (χ4v) is 2.13. The van der Waals surface area contributed by atoms with Crippen LogP contribution < -0.4 is 0 Å². The third-order valence-corrected chi connectivity index (χ3v) is 3.63. The highest BCUT2D eigenvalue weighted by Gasteiger charge is 2.41. The molecule has 0 spiro atoms. The van der Waals surface area contributed by atoms with Gasteiger partial charge in [0.1, 0.15) is 6.61 Å². The number of alkyl halides is 3. The van der Waals surface area contributed by atoms with Crippen molar-refractivity contribution in [1.82, 2.24) is 0 Å². The quantitative estimate of drug-likeness (QED) is 0.783. The molecule has 0 saturated heterocycles. The van der Waals surface area contributed by atoms with Crippen LogP contribution in [0.25, 0.3) is 0 Å². The van der Waals surface area contributed by atoms with E-state index in [-0.39, 0.29) is 4.90 Å². The van der Waals surface area contributed by atoms with Crippen molar-refractivity contribution < 1.29 is 30.5 Å². The molecular formula is C11H13F3O4S. The third-order valence-electron chi connectivity index (χ3n) is 2.33. The minimum atomic E-state index is -4.68. The van der Waals surface area contributed by atoms with E-state index < -0.39 is 29.0 Å². The zero-order chi connectivity index (χ0) is 14.7. The van der Waals surface area contributed by atoms with E-state index in [1.807, 2.05) is 0 Å². The van der Waals surface area contributed by atoms with Gasteiger partial charge >= 0.3 is 6.18 Å². The Labute approximate surface area is 109 Å². The van der Waals surface area contributed by atoms with Gasteiger partial charge in [-0.15, -0.1) is 0 Å². The highest BCUT2D eigenvalue weighted by atomic mass is 32.2. The smallest absolute Gasteiger partial charge is 0.370 e. The maximum Gasteiger partial charge on any atom is 0.416 e. The molecule has 0 unspecified atom stereocenters. The van der Waals surface area contributed by atoms with Gasteiger partial charge in [0.2, 0.25) is 0 Å². The molecule has 19 heavy (non-hydrogen) atoms. The average molecular weight is 298 g/mol. The van der Waals surface area contributed by atoms with Gasteiger partial charge in [-0.2, -0.15) is 21.6 Å². The van der Waals surface area contributed by atoms with Gasteiger partial charge in [0.05, 0.1) is 4.90 Å². The molecule has 1 aromatic rings. The zero-order valence-electron chi connectivity index (χ0n) is 10.3. The monoisotopic (exact) mass is 298 g/mol. The van der Waals surface area contributed by atoms with Crippen LogP contribution in [-0.4, -0.2) is 34.4 Å². The second-order valence-electron chi connectivity index (χ2n) is 3.82. The lowest BCUT2D eigenvalue weighted by molar-refractivity contribution is -0.219. The van der Waals surface area contributed by atoms with Crippen molar-refractivity contribution in [1.29, 1.82) is 0 Å². The summed E-state index contributed by atoms with van der Waals surface area (Å²) in [5, 5.41) is 0. The summed E-state index contributed by atoms with van der Waals surface area (Å²) in [7, 11) is -3.39. The first kappa shape index (κ1) is 15.9. The number of methoxy groups -OCH3 is 1. The van der Waals surface area contributed by atoms with E-state index >= 15 is 0 Å². The van der Waals surface area contributed by atoms with Crippen molar-refractivity contribution in [2.75, 3.05) is 13.7 Å². The number of ether oxygens (including phenoxy) is 1. The van der Waals surface area contributed by atoms with E-state index in [1.165, 1.54) is 24.3 Å². The summed E-state index contributed by atoms with van der Waals surface area (Å²) in [6, 6.07) is 5.57. The lowest BCUT2D eigenvalue weighted by Gasteiger charge is -2.18. The minimum Gasteiger partial charge on any atom is -0.370 e. The Kier molecular flexibility index (Phi) is 4.94. The molecule has 0 bridgehead atoms. The molecule has 0 heterocycles. The molecule has 0 aliphatic rings. The van der Waals surface area contributed by atoms with Gasteiger partial charge in [-0.3, -0.25) is 4.18 Å². The van der Waals surface area contributed by atoms with Crippen LogP contribution in [0.1, 0.15) is 5.56 Å². The standard InChI is InChI=1S/C11H13F3O4S/c1-8-3-5-9(6-4-8)19(15,16)18-7-10(17-2)11(12,13)14/h3-6,10H,7H2,1-2H3/t10-/m0/s1. The summed E-state index contributed by atoms with van der Waals surface area (Å²) in [5.74, 6) is 0. The lowest BCUT2D eigenvalue weighted by atomic mass is 10.2. The Bertz CT molecular complexity index is 508. The Hall–Kier alpha value is -1.12. The van der Waals surface area contributed by atoms with Gasteiger partial charge in [-0.1, -0.05) is 17.7 Å². The molecule has 0 amide bonds. The normalized spacial score (nSPS) is 14.4. The molecule has 1 atom stereocenters. The minimum absolute atomic E-state index is 0.199. The van der Waals surface area contributed by atoms with Crippen LogP contribution >= 0.6 is 0 Å². The number of halogens is 3. The predicted octanol–water partition coefficient (Wildman–Crippen LogP) is 2.28. The van der Waals surface area contributed by atoms with Gasteiger partial charge in [0.15, 0.2) is 6.10 Å². The van der Waals surface area contributed by atoms with Crippen molar-refractivity contribution >= 4 is 10.1 Å². The summed E-state index contributed by atoms with van der Waals surface area (Å²) < 4.78 is 68.9. The Morgan fingerprint density at radius 3 is 2.16 bits per heavy atom. The van der Waals surface area contributed by atoms with Crippen LogP contribution in [0.4, 0.5) is 13.2 Å². The van der Waals surface area contributed by atoms with Crippen LogP contribution in [-0.2, 0) is 19.0 Å². The van der Waals surface area contributed by atoms with Crippen LogP contribution in [0.5, 0.6) is 0 Å². The summed E-state index contributed by atoms with van der Waals surface area (Å²) in [6.07, 6.45) is -6.97. The molecule has 8 heteroatoms. The zero-order valence-corrected chi connectivity index (χ0v) is 11.1. The van der Waals surface area contributed by atoms with Gasteiger partial charge in [-0.05, 0) is 19.1 Å². The maximum atomic E-state index is 12.4. The van der Waals surface area contributed by atoms with Crippen LogP contribution in [0.3, 0.4) is 0 Å². The van der Waals surface area contributed by atoms with Crippen molar-refractivity contribution in [3.63, 3.8) is 0 Å². The molecule has 0 aliphatic heterocycles. The molecule has 0 radical (unpaired) electrons. The van der Waals surface area contributed by atoms with Gasteiger partial charge in [0, 0.05) is 7.11 Å². The van der Waals surface area contributed by atoms with Crippen LogP contribution in [0.2, 0.25) is 0 Å². The SMILES string of the molecule is CO[C@@H](COS(=O)(=O)c1ccc(C)cc1)C(F)(F)F. The van der Waals surface area contributed by atoms with Crippen LogP contribution in [0.15, 0.2) is 29.2 Å². The fourth-order valence-electron chi connectivity index (χ4n) is 1.22. The van der Waals surface area contributed by atoms with Gasteiger partial charge < -0.3 is 4.74 Å².